The molecular formula is C15H17FN2O2. The number of halogens is 1. The first-order valence-corrected chi connectivity index (χ1v) is 6.38. The molecule has 4 nitrogen and oxygen atoms in total. The zero-order valence-electron chi connectivity index (χ0n) is 11.7. The summed E-state index contributed by atoms with van der Waals surface area (Å²) in [5, 5.41) is 5.83. The molecule has 0 spiro atoms. The summed E-state index contributed by atoms with van der Waals surface area (Å²) in [6.45, 7) is 5.84. The molecule has 2 N–H and O–H groups in total. The molecule has 0 fully saturated rings. The summed E-state index contributed by atoms with van der Waals surface area (Å²) in [6, 6.07) is 6.30. The van der Waals surface area contributed by atoms with Crippen LogP contribution < -0.4 is 21.5 Å². The summed E-state index contributed by atoms with van der Waals surface area (Å²) < 4.78 is 13.5. The molecule has 106 valence electrons. The van der Waals surface area contributed by atoms with Crippen molar-refractivity contribution in [1.29, 1.82) is 0 Å². The second kappa shape index (κ2) is 5.07. The molecule has 0 saturated heterocycles. The molecule has 5 heteroatoms. The second-order valence-electron chi connectivity index (χ2n) is 5.73. The third kappa shape index (κ3) is 2.87. The maximum absolute atomic E-state index is 13.5. The van der Waals surface area contributed by atoms with Crippen LogP contribution in [0.2, 0.25) is 0 Å². The maximum Gasteiger partial charge on any atom is 0.253 e. The Kier molecular flexibility index (Phi) is 3.61. The van der Waals surface area contributed by atoms with Gasteiger partial charge in [-0.15, -0.1) is 0 Å². The zero-order chi connectivity index (χ0) is 14.9. The van der Waals surface area contributed by atoms with Crippen LogP contribution in [0, 0.1) is 5.82 Å². The predicted octanol–water partition coefficient (Wildman–Crippen LogP) is 2.24. The molecule has 0 aliphatic carbocycles. The van der Waals surface area contributed by atoms with Gasteiger partial charge < -0.3 is 10.6 Å². The maximum atomic E-state index is 13.5. The zero-order valence-corrected chi connectivity index (χ0v) is 11.7. The summed E-state index contributed by atoms with van der Waals surface area (Å²) in [7, 11) is 0. The third-order valence-electron chi connectivity index (χ3n) is 2.82. The molecule has 0 aliphatic rings. The summed E-state index contributed by atoms with van der Waals surface area (Å²) in [5.41, 5.74) is -0.463. The number of hydrogen-bond acceptors (Lipinski definition) is 4. The molecule has 2 rings (SSSR count). The van der Waals surface area contributed by atoms with Gasteiger partial charge in [-0.05, 0) is 26.8 Å². The minimum absolute atomic E-state index is 0.163. The summed E-state index contributed by atoms with van der Waals surface area (Å²) in [5.74, 6) is -0.343. The Labute approximate surface area is 116 Å². The third-order valence-corrected chi connectivity index (χ3v) is 2.82. The van der Waals surface area contributed by atoms with Gasteiger partial charge in [-0.1, -0.05) is 18.2 Å². The van der Waals surface area contributed by atoms with E-state index in [1.165, 1.54) is 6.07 Å². The highest BCUT2D eigenvalue weighted by Gasteiger charge is 2.24. The van der Waals surface area contributed by atoms with E-state index in [1.807, 2.05) is 20.8 Å². The molecule has 0 unspecified atom stereocenters. The van der Waals surface area contributed by atoms with Gasteiger partial charge in [-0.3, -0.25) is 9.59 Å². The van der Waals surface area contributed by atoms with Gasteiger partial charge in [0.05, 0.1) is 0 Å². The number of nitrogens with one attached hydrogen (secondary N) is 2. The number of hydrogen-bond donors (Lipinski definition) is 2. The number of rotatable bonds is 4. The minimum Gasteiger partial charge on any atom is -0.376 e. The highest BCUT2D eigenvalue weighted by molar-refractivity contribution is 5.74. The molecular weight excluding hydrogens is 259 g/mol. The van der Waals surface area contributed by atoms with Gasteiger partial charge in [-0.25, -0.2) is 4.39 Å². The fourth-order valence-electron chi connectivity index (χ4n) is 1.88. The Morgan fingerprint density at radius 1 is 1.05 bits per heavy atom. The van der Waals surface area contributed by atoms with Crippen molar-refractivity contribution in [2.24, 2.45) is 0 Å². The Morgan fingerprint density at radius 2 is 1.65 bits per heavy atom. The molecule has 0 atom stereocenters. The van der Waals surface area contributed by atoms with E-state index in [0.29, 0.717) is 5.56 Å². The second-order valence-corrected chi connectivity index (χ2v) is 5.73. The number of anilines is 2. The van der Waals surface area contributed by atoms with Crippen LogP contribution in [0.25, 0.3) is 0 Å². The van der Waals surface area contributed by atoms with Crippen LogP contribution in [0.15, 0.2) is 33.9 Å². The van der Waals surface area contributed by atoms with E-state index in [-0.39, 0.29) is 29.3 Å². The monoisotopic (exact) mass is 276 g/mol. The van der Waals surface area contributed by atoms with E-state index in [4.69, 9.17) is 0 Å². The van der Waals surface area contributed by atoms with E-state index in [9.17, 15) is 14.0 Å². The van der Waals surface area contributed by atoms with Crippen LogP contribution in [-0.2, 0) is 6.54 Å². The van der Waals surface area contributed by atoms with Crippen molar-refractivity contribution in [3.8, 4) is 0 Å². The average molecular weight is 276 g/mol. The molecule has 0 bridgehead atoms. The Balaban J connectivity index is 2.15. The van der Waals surface area contributed by atoms with Gasteiger partial charge in [0, 0.05) is 17.6 Å². The van der Waals surface area contributed by atoms with Crippen LogP contribution in [0.5, 0.6) is 0 Å². The largest absolute Gasteiger partial charge is 0.376 e. The smallest absolute Gasteiger partial charge is 0.253 e. The van der Waals surface area contributed by atoms with Gasteiger partial charge in [0.2, 0.25) is 0 Å². The van der Waals surface area contributed by atoms with Crippen molar-refractivity contribution in [2.75, 3.05) is 10.6 Å². The van der Waals surface area contributed by atoms with Gasteiger partial charge in [0.25, 0.3) is 10.9 Å². The summed E-state index contributed by atoms with van der Waals surface area (Å²) in [6.07, 6.45) is 0. The highest BCUT2D eigenvalue weighted by atomic mass is 19.1. The summed E-state index contributed by atoms with van der Waals surface area (Å²) >= 11 is 0. The van der Waals surface area contributed by atoms with Gasteiger partial charge >= 0.3 is 0 Å². The van der Waals surface area contributed by atoms with Crippen LogP contribution in [0.1, 0.15) is 26.3 Å². The van der Waals surface area contributed by atoms with Crippen molar-refractivity contribution >= 4 is 11.4 Å². The van der Waals surface area contributed by atoms with E-state index >= 15 is 0 Å². The normalized spacial score (nSPS) is 11.6. The quantitative estimate of drug-likeness (QED) is 0.841. The minimum atomic E-state index is -0.562. The topological polar surface area (TPSA) is 58.2 Å². The van der Waals surface area contributed by atoms with Crippen molar-refractivity contribution in [1.82, 2.24) is 0 Å². The van der Waals surface area contributed by atoms with Crippen molar-refractivity contribution in [3.05, 3.63) is 56.1 Å². The molecule has 2 aromatic rings. The lowest BCUT2D eigenvalue weighted by molar-refractivity contribution is 0.612. The molecule has 0 saturated carbocycles. The van der Waals surface area contributed by atoms with Crippen LogP contribution in [0.4, 0.5) is 15.8 Å². The van der Waals surface area contributed by atoms with Gasteiger partial charge in [0.15, 0.2) is 0 Å². The standard InChI is InChI=1S/C15H17FN2O2/c1-15(2,3)18-12-11(13(19)14(12)20)17-8-9-6-4-5-7-10(9)16/h4-7,17-18H,8H2,1-3H3. The lowest BCUT2D eigenvalue weighted by Gasteiger charge is -2.24. The molecule has 0 aromatic heterocycles. The Morgan fingerprint density at radius 3 is 2.25 bits per heavy atom. The fourth-order valence-corrected chi connectivity index (χ4v) is 1.88. The summed E-state index contributed by atoms with van der Waals surface area (Å²) in [4.78, 5) is 23.1. The van der Waals surface area contributed by atoms with E-state index < -0.39 is 10.9 Å². The van der Waals surface area contributed by atoms with Crippen molar-refractivity contribution in [2.45, 2.75) is 32.9 Å². The SMILES string of the molecule is CC(C)(C)Nc1c(NCc2ccccc2F)c(=O)c1=O. The molecule has 0 aliphatic heterocycles. The van der Waals surface area contributed by atoms with E-state index in [1.54, 1.807) is 18.2 Å². The average Bonchev–Trinajstić information content (AvgIpc) is 2.38. The molecule has 20 heavy (non-hydrogen) atoms. The molecule has 2 aromatic carbocycles. The molecule has 0 radical (unpaired) electrons. The molecule has 0 amide bonds. The Bertz CT molecular complexity index is 695. The lowest BCUT2D eigenvalue weighted by Crippen LogP contribution is -2.41. The van der Waals surface area contributed by atoms with Crippen LogP contribution in [-0.4, -0.2) is 5.54 Å². The highest BCUT2D eigenvalue weighted by Crippen LogP contribution is 2.20. The number of benzene rings is 1. The first-order valence-electron chi connectivity index (χ1n) is 6.38. The first-order chi connectivity index (χ1) is 9.29. The van der Waals surface area contributed by atoms with Crippen molar-refractivity contribution in [3.63, 3.8) is 0 Å². The van der Waals surface area contributed by atoms with Crippen LogP contribution in [0.3, 0.4) is 0 Å². The van der Waals surface area contributed by atoms with Crippen LogP contribution >= 0.6 is 0 Å². The fraction of sp³-hybridized carbons (Fsp3) is 0.333. The molecule has 0 heterocycles. The lowest BCUT2D eigenvalue weighted by atomic mass is 10.1. The Hall–Kier alpha value is -2.17. The predicted molar refractivity (Wildman–Crippen MR) is 78.5 cm³/mol. The van der Waals surface area contributed by atoms with E-state index in [0.717, 1.165) is 0 Å². The van der Waals surface area contributed by atoms with E-state index in [2.05, 4.69) is 10.6 Å². The van der Waals surface area contributed by atoms with Crippen molar-refractivity contribution < 1.29 is 4.39 Å². The van der Waals surface area contributed by atoms with Gasteiger partial charge in [-0.2, -0.15) is 0 Å². The first kappa shape index (κ1) is 14.2. The van der Waals surface area contributed by atoms with Gasteiger partial charge in [0.1, 0.15) is 17.2 Å².